The summed E-state index contributed by atoms with van der Waals surface area (Å²) in [6.45, 7) is 4.07. The van der Waals surface area contributed by atoms with E-state index in [9.17, 15) is 19.3 Å². The molecule has 0 saturated carbocycles. The topological polar surface area (TPSA) is 83.1 Å². The molecule has 0 spiro atoms. The van der Waals surface area contributed by atoms with E-state index < -0.39 is 4.92 Å². The third kappa shape index (κ3) is 6.69. The molecule has 9 heteroatoms. The Kier molecular flexibility index (Phi) is 7.98. The molecule has 1 aliphatic rings. The van der Waals surface area contributed by atoms with Gasteiger partial charge in [0.25, 0.3) is 11.6 Å². The lowest BCUT2D eigenvalue weighted by molar-refractivity contribution is -0.384. The summed E-state index contributed by atoms with van der Waals surface area (Å²) >= 11 is 0. The summed E-state index contributed by atoms with van der Waals surface area (Å²) in [5.41, 5.74) is 3.09. The van der Waals surface area contributed by atoms with Gasteiger partial charge in [0.05, 0.1) is 11.5 Å². The summed E-state index contributed by atoms with van der Waals surface area (Å²) in [5, 5.41) is 10.9. The average molecular weight is 529 g/mol. The van der Waals surface area contributed by atoms with Crippen molar-refractivity contribution < 1.29 is 18.5 Å². The summed E-state index contributed by atoms with van der Waals surface area (Å²) in [6.07, 6.45) is 0. The summed E-state index contributed by atoms with van der Waals surface area (Å²) in [5.74, 6) is 0.560. The van der Waals surface area contributed by atoms with Crippen molar-refractivity contribution in [3.8, 4) is 0 Å². The molecule has 1 amide bonds. The lowest BCUT2D eigenvalue weighted by atomic mass is 10.1. The number of benzene rings is 3. The van der Waals surface area contributed by atoms with E-state index in [0.717, 1.165) is 16.8 Å². The smallest absolute Gasteiger partial charge is 0.289 e. The van der Waals surface area contributed by atoms with Gasteiger partial charge in [0.15, 0.2) is 5.76 Å². The molecule has 200 valence electrons. The third-order valence-electron chi connectivity index (χ3n) is 6.81. The van der Waals surface area contributed by atoms with Crippen LogP contribution in [0.15, 0.2) is 95.4 Å². The molecule has 4 aromatic rings. The van der Waals surface area contributed by atoms with E-state index in [1.807, 2.05) is 24.3 Å². The van der Waals surface area contributed by atoms with Crippen LogP contribution in [0.3, 0.4) is 0 Å². The molecule has 2 heterocycles. The fourth-order valence-corrected chi connectivity index (χ4v) is 4.76. The standard InChI is InChI=1S/C30H29FN4O4/c31-25-8-6-24(7-9-25)21-32(20-23-4-2-1-3-5-23)22-28-14-15-29(39-28)30(36)34-18-16-33(17-19-34)26-10-12-27(13-11-26)35(37)38/h1-15H,16-22H2. The summed E-state index contributed by atoms with van der Waals surface area (Å²) in [4.78, 5) is 29.7. The van der Waals surface area contributed by atoms with Crippen LogP contribution in [0.1, 0.15) is 27.4 Å². The van der Waals surface area contributed by atoms with Crippen molar-refractivity contribution in [1.82, 2.24) is 9.80 Å². The quantitative estimate of drug-likeness (QED) is 0.211. The van der Waals surface area contributed by atoms with Gasteiger partial charge in [-0.05, 0) is 47.5 Å². The molecule has 0 radical (unpaired) electrons. The van der Waals surface area contributed by atoms with Gasteiger partial charge in [0.1, 0.15) is 11.6 Å². The number of non-ortho nitro benzene ring substituents is 1. The Hall–Kier alpha value is -4.50. The molecular weight excluding hydrogens is 499 g/mol. The maximum atomic E-state index is 13.4. The fraction of sp³-hybridized carbons (Fsp3) is 0.233. The molecule has 8 nitrogen and oxygen atoms in total. The van der Waals surface area contributed by atoms with Crippen LogP contribution >= 0.6 is 0 Å². The van der Waals surface area contributed by atoms with Gasteiger partial charge in [-0.15, -0.1) is 0 Å². The average Bonchev–Trinajstić information content (AvgIpc) is 3.43. The first kappa shape index (κ1) is 26.1. The summed E-state index contributed by atoms with van der Waals surface area (Å²) in [7, 11) is 0. The molecule has 0 bridgehead atoms. The zero-order valence-corrected chi connectivity index (χ0v) is 21.4. The molecule has 0 unspecified atom stereocenters. The monoisotopic (exact) mass is 528 g/mol. The number of furan rings is 1. The normalized spacial score (nSPS) is 13.6. The van der Waals surface area contributed by atoms with Crippen LogP contribution in [0.2, 0.25) is 0 Å². The number of piperazine rings is 1. The lowest BCUT2D eigenvalue weighted by Gasteiger charge is -2.35. The second kappa shape index (κ2) is 11.9. The number of halogens is 1. The van der Waals surface area contributed by atoms with Gasteiger partial charge in [-0.3, -0.25) is 19.8 Å². The van der Waals surface area contributed by atoms with Crippen LogP contribution in [-0.4, -0.2) is 46.8 Å². The van der Waals surface area contributed by atoms with Crippen molar-refractivity contribution in [2.24, 2.45) is 0 Å². The van der Waals surface area contributed by atoms with E-state index in [1.165, 1.54) is 24.3 Å². The molecular formula is C30H29FN4O4. The van der Waals surface area contributed by atoms with Gasteiger partial charge >= 0.3 is 0 Å². The molecule has 3 aromatic carbocycles. The van der Waals surface area contributed by atoms with Crippen LogP contribution in [-0.2, 0) is 19.6 Å². The maximum absolute atomic E-state index is 13.4. The molecule has 1 fully saturated rings. The van der Waals surface area contributed by atoms with Crippen molar-refractivity contribution in [2.75, 3.05) is 31.1 Å². The lowest BCUT2D eigenvalue weighted by Crippen LogP contribution is -2.48. The van der Waals surface area contributed by atoms with E-state index in [1.54, 1.807) is 35.2 Å². The minimum Gasteiger partial charge on any atom is -0.455 e. The maximum Gasteiger partial charge on any atom is 0.289 e. The predicted octanol–water partition coefficient (Wildman–Crippen LogP) is 5.49. The van der Waals surface area contributed by atoms with Crippen LogP contribution in [0.5, 0.6) is 0 Å². The number of hydrogen-bond acceptors (Lipinski definition) is 6. The Labute approximate surface area is 226 Å². The van der Waals surface area contributed by atoms with Crippen LogP contribution in [0, 0.1) is 15.9 Å². The molecule has 39 heavy (non-hydrogen) atoms. The molecule has 1 saturated heterocycles. The van der Waals surface area contributed by atoms with Crippen molar-refractivity contribution in [1.29, 1.82) is 0 Å². The molecule has 1 aromatic heterocycles. The highest BCUT2D eigenvalue weighted by atomic mass is 19.1. The fourth-order valence-electron chi connectivity index (χ4n) is 4.76. The van der Waals surface area contributed by atoms with E-state index in [2.05, 4.69) is 21.9 Å². The highest BCUT2D eigenvalue weighted by Gasteiger charge is 2.25. The van der Waals surface area contributed by atoms with Crippen molar-refractivity contribution in [3.05, 3.63) is 130 Å². The zero-order chi connectivity index (χ0) is 27.2. The first-order chi connectivity index (χ1) is 18.9. The minimum absolute atomic E-state index is 0.0567. The summed E-state index contributed by atoms with van der Waals surface area (Å²) in [6, 6.07) is 26.6. The number of carbonyl (C=O) groups excluding carboxylic acids is 1. The Balaban J connectivity index is 1.21. The second-order valence-corrected chi connectivity index (χ2v) is 9.58. The number of hydrogen-bond donors (Lipinski definition) is 0. The molecule has 1 aliphatic heterocycles. The van der Waals surface area contributed by atoms with Crippen LogP contribution in [0.25, 0.3) is 0 Å². The summed E-state index contributed by atoms with van der Waals surface area (Å²) < 4.78 is 19.4. The Morgan fingerprint density at radius 3 is 2.10 bits per heavy atom. The van der Waals surface area contributed by atoms with Crippen LogP contribution in [0.4, 0.5) is 15.8 Å². The number of nitro groups is 1. The van der Waals surface area contributed by atoms with Crippen LogP contribution < -0.4 is 4.90 Å². The van der Waals surface area contributed by atoms with E-state index in [-0.39, 0.29) is 17.4 Å². The molecule has 0 atom stereocenters. The van der Waals surface area contributed by atoms with E-state index in [0.29, 0.717) is 57.3 Å². The highest BCUT2D eigenvalue weighted by Crippen LogP contribution is 2.22. The number of nitro benzene ring substituents is 1. The first-order valence-corrected chi connectivity index (χ1v) is 12.8. The third-order valence-corrected chi connectivity index (χ3v) is 6.81. The second-order valence-electron chi connectivity index (χ2n) is 9.58. The first-order valence-electron chi connectivity index (χ1n) is 12.8. The minimum atomic E-state index is -0.415. The SMILES string of the molecule is O=C(c1ccc(CN(Cc2ccccc2)Cc2ccc(F)cc2)o1)N1CCN(c2ccc([N+](=O)[O-])cc2)CC1. The Bertz CT molecular complexity index is 1400. The number of carbonyl (C=O) groups is 1. The molecule has 0 N–H and O–H groups in total. The van der Waals surface area contributed by atoms with Gasteiger partial charge in [-0.25, -0.2) is 4.39 Å². The number of rotatable bonds is 9. The number of amides is 1. The van der Waals surface area contributed by atoms with E-state index >= 15 is 0 Å². The van der Waals surface area contributed by atoms with Gasteiger partial charge in [0.2, 0.25) is 0 Å². The predicted molar refractivity (Wildman–Crippen MR) is 146 cm³/mol. The largest absolute Gasteiger partial charge is 0.455 e. The molecule has 5 rings (SSSR count). The van der Waals surface area contributed by atoms with E-state index in [4.69, 9.17) is 4.42 Å². The number of nitrogens with zero attached hydrogens (tertiary/aromatic N) is 4. The van der Waals surface area contributed by atoms with Gasteiger partial charge in [-0.1, -0.05) is 42.5 Å². The van der Waals surface area contributed by atoms with Gasteiger partial charge < -0.3 is 14.2 Å². The number of anilines is 1. The van der Waals surface area contributed by atoms with Gasteiger partial charge in [-0.2, -0.15) is 0 Å². The van der Waals surface area contributed by atoms with Crippen molar-refractivity contribution in [2.45, 2.75) is 19.6 Å². The van der Waals surface area contributed by atoms with Gasteiger partial charge in [0, 0.05) is 57.1 Å². The highest BCUT2D eigenvalue weighted by molar-refractivity contribution is 5.91. The Morgan fingerprint density at radius 1 is 0.821 bits per heavy atom. The molecule has 0 aliphatic carbocycles. The van der Waals surface area contributed by atoms with Crippen molar-refractivity contribution in [3.63, 3.8) is 0 Å². The van der Waals surface area contributed by atoms with Crippen molar-refractivity contribution >= 4 is 17.3 Å². The zero-order valence-electron chi connectivity index (χ0n) is 21.4. The Morgan fingerprint density at radius 2 is 1.46 bits per heavy atom.